The van der Waals surface area contributed by atoms with Crippen molar-refractivity contribution in [3.05, 3.63) is 48.0 Å². The molecule has 10 N–H and O–H groups in total. The average Bonchev–Trinajstić information content (AvgIpc) is 3.89. The van der Waals surface area contributed by atoms with Gasteiger partial charge in [0.15, 0.2) is 17.7 Å². The Morgan fingerprint density at radius 1 is 0.842 bits per heavy atom. The fourth-order valence-corrected chi connectivity index (χ4v) is 11.2. The summed E-state index contributed by atoms with van der Waals surface area (Å²) in [5.74, 6) is -1.49. The molecule has 7 atom stereocenters. The van der Waals surface area contributed by atoms with Crippen LogP contribution in [0.3, 0.4) is 0 Å². The lowest BCUT2D eigenvalue weighted by atomic mass is 9.81. The molecule has 1 aliphatic heterocycles. The summed E-state index contributed by atoms with van der Waals surface area (Å²) in [6.07, 6.45) is 5.03. The second-order valence-corrected chi connectivity index (χ2v) is 25.0. The number of aliphatic hydroxyl groups excluding tert-OH is 2. The maximum atomic E-state index is 13.1. The average molecular weight is 1140 g/mol. The minimum absolute atomic E-state index is 0.00895. The third kappa shape index (κ3) is 21.3. The maximum absolute atomic E-state index is 13.1. The van der Waals surface area contributed by atoms with Gasteiger partial charge in [0.1, 0.15) is 47.6 Å². The maximum Gasteiger partial charge on any atom is 0.481 e. The van der Waals surface area contributed by atoms with Crippen molar-refractivity contribution in [2.45, 2.75) is 168 Å². The SMILES string of the molecule is CC(C)(CCCCCCc1cccc(CCCCCCC(C)(C)C(=O)CCNC(=O)CCNC(=O)C(O)C(C)(C)COP(=O)(O)OP(=O)(O)OCC2OC(n3cnc4c(N)ncnc43)C(O)C2OP(=O)(O)O)c1)OC=O. The summed E-state index contributed by atoms with van der Waals surface area (Å²) in [5, 5.41) is 26.7. The zero-order valence-corrected chi connectivity index (χ0v) is 46.5. The highest BCUT2D eigenvalue weighted by Crippen LogP contribution is 2.61. The Bertz CT molecular complexity index is 2540. The fraction of sp³-hybridized carbons (Fsp3) is 0.681. The van der Waals surface area contributed by atoms with Gasteiger partial charge in [0.2, 0.25) is 11.8 Å². The first-order valence-corrected chi connectivity index (χ1v) is 29.6. The molecule has 428 valence electrons. The van der Waals surface area contributed by atoms with Crippen LogP contribution in [-0.4, -0.2) is 130 Å². The standard InChI is InChI=1S/C47H76N7O19P3/c1-45(2,22-13-9-7-11-16-32-18-15-19-33(26-32)17-12-8-10-14-23-47(5,6)68-31-55)35(56)20-24-49-36(57)21-25-50-43(60)40(59)46(3,4)28-70-76(66,67)73-75(64,65)69-27-34-39(72-74(61,62)63)38(58)44(71-34)54-30-53-37-41(48)51-29-52-42(37)54/h15,18-19,26,29-31,34,38-40,44,58-59H,7-14,16-17,20-25,27-28H2,1-6H3,(H,49,57)(H,50,60)(H,64,65)(H,66,67)(H2,48,51,52)(H2,61,62,63). The molecule has 2 aromatic heterocycles. The topological polar surface area (TPSA) is 390 Å². The molecule has 0 spiro atoms. The van der Waals surface area contributed by atoms with Crippen molar-refractivity contribution in [3.63, 3.8) is 0 Å². The molecule has 0 aliphatic carbocycles. The van der Waals surface area contributed by atoms with E-state index in [9.17, 15) is 62.7 Å². The Kier molecular flexibility index (Phi) is 24.3. The number of nitrogen functional groups attached to an aromatic ring is 1. The van der Waals surface area contributed by atoms with Crippen molar-refractivity contribution in [1.82, 2.24) is 30.2 Å². The van der Waals surface area contributed by atoms with Crippen LogP contribution in [0.15, 0.2) is 36.9 Å². The van der Waals surface area contributed by atoms with Crippen molar-refractivity contribution in [1.29, 1.82) is 0 Å². The number of nitrogens with two attached hydrogens (primary N) is 1. The van der Waals surface area contributed by atoms with Crippen molar-refractivity contribution in [2.75, 3.05) is 32.0 Å². The summed E-state index contributed by atoms with van der Waals surface area (Å²) in [5.41, 5.74) is 5.93. The van der Waals surface area contributed by atoms with Gasteiger partial charge in [0, 0.05) is 36.8 Å². The number of carbonyl (C=O) groups excluding carboxylic acids is 4. The largest absolute Gasteiger partial charge is 0.481 e. The summed E-state index contributed by atoms with van der Waals surface area (Å²) in [6.45, 7) is 8.51. The number of fused-ring (bicyclic) bond motifs is 1. The van der Waals surface area contributed by atoms with E-state index in [4.69, 9.17) is 24.3 Å². The molecule has 76 heavy (non-hydrogen) atoms. The van der Waals surface area contributed by atoms with E-state index in [1.54, 1.807) is 0 Å². The molecule has 0 bridgehead atoms. The Morgan fingerprint density at radius 3 is 2.08 bits per heavy atom. The van der Waals surface area contributed by atoms with Gasteiger partial charge in [-0.2, -0.15) is 4.31 Å². The number of amides is 2. The lowest BCUT2D eigenvalue weighted by molar-refractivity contribution is -0.141. The van der Waals surface area contributed by atoms with E-state index in [0.29, 0.717) is 12.9 Å². The van der Waals surface area contributed by atoms with E-state index in [1.807, 2.05) is 27.7 Å². The lowest BCUT2D eigenvalue weighted by Crippen LogP contribution is -2.46. The van der Waals surface area contributed by atoms with Gasteiger partial charge in [0.05, 0.1) is 19.5 Å². The van der Waals surface area contributed by atoms with Crippen LogP contribution in [0.2, 0.25) is 0 Å². The number of nitrogens with one attached hydrogen (secondary N) is 2. The Hall–Kier alpha value is -4.10. The van der Waals surface area contributed by atoms with Crippen molar-refractivity contribution in [2.24, 2.45) is 10.8 Å². The monoisotopic (exact) mass is 1140 g/mol. The number of phosphoric ester groups is 3. The lowest BCUT2D eigenvalue weighted by Gasteiger charge is -2.30. The number of hydrogen-bond acceptors (Lipinski definition) is 19. The second-order valence-electron chi connectivity index (χ2n) is 20.7. The van der Waals surface area contributed by atoms with E-state index in [1.165, 1.54) is 25.0 Å². The number of aryl methyl sites for hydroxylation is 2. The van der Waals surface area contributed by atoms with Crippen LogP contribution in [0.25, 0.3) is 11.2 Å². The molecule has 1 fully saturated rings. The number of ketones is 1. The van der Waals surface area contributed by atoms with Gasteiger partial charge in [-0.25, -0.2) is 28.6 Å². The van der Waals surface area contributed by atoms with Gasteiger partial charge >= 0.3 is 23.5 Å². The fourth-order valence-electron chi connectivity index (χ4n) is 8.35. The molecule has 1 saturated heterocycles. The minimum atomic E-state index is -5.60. The van der Waals surface area contributed by atoms with E-state index >= 15 is 0 Å². The summed E-state index contributed by atoms with van der Waals surface area (Å²) >= 11 is 0. The highest BCUT2D eigenvalue weighted by molar-refractivity contribution is 7.61. The number of Topliss-reactive ketones (excluding diaryl/α,β-unsaturated/α-hetero) is 1. The van der Waals surface area contributed by atoms with Gasteiger partial charge in [-0.1, -0.05) is 84.1 Å². The molecule has 26 nitrogen and oxygen atoms in total. The molecule has 2 amide bonds. The zero-order chi connectivity index (χ0) is 56.5. The Labute approximate surface area is 442 Å². The van der Waals surface area contributed by atoms with Crippen LogP contribution in [0.5, 0.6) is 0 Å². The van der Waals surface area contributed by atoms with Gasteiger partial charge in [0.25, 0.3) is 6.47 Å². The summed E-state index contributed by atoms with van der Waals surface area (Å²) in [4.78, 5) is 100. The van der Waals surface area contributed by atoms with Crippen LogP contribution in [0.4, 0.5) is 5.82 Å². The number of rotatable bonds is 36. The smallest absolute Gasteiger partial charge is 0.462 e. The van der Waals surface area contributed by atoms with Gasteiger partial charge in [-0.05, 0) is 69.9 Å². The summed E-state index contributed by atoms with van der Waals surface area (Å²) in [7, 11) is -16.5. The summed E-state index contributed by atoms with van der Waals surface area (Å²) < 4.78 is 67.8. The normalized spacial score (nSPS) is 19.4. The van der Waals surface area contributed by atoms with Crippen LogP contribution in [-0.2, 0) is 73.1 Å². The van der Waals surface area contributed by atoms with E-state index in [2.05, 4.69) is 58.7 Å². The number of benzene rings is 1. The van der Waals surface area contributed by atoms with Gasteiger partial charge < -0.3 is 55.6 Å². The predicted octanol–water partition coefficient (Wildman–Crippen LogP) is 5.03. The number of aromatic nitrogens is 4. The molecule has 3 heterocycles. The van der Waals surface area contributed by atoms with Crippen molar-refractivity contribution < 1.29 is 90.0 Å². The molecule has 0 radical (unpaired) electrons. The number of nitrogens with zero attached hydrogens (tertiary/aromatic N) is 4. The van der Waals surface area contributed by atoms with Gasteiger partial charge in [-0.15, -0.1) is 0 Å². The predicted molar refractivity (Wildman–Crippen MR) is 274 cm³/mol. The second kappa shape index (κ2) is 28.7. The molecular weight excluding hydrogens is 1060 g/mol. The number of phosphoric acid groups is 3. The number of imidazole rings is 1. The number of aliphatic hydroxyl groups is 2. The number of unbranched alkanes of at least 4 members (excludes halogenated alkanes) is 6. The van der Waals surface area contributed by atoms with Crippen molar-refractivity contribution >= 4 is 64.5 Å². The van der Waals surface area contributed by atoms with Crippen LogP contribution in [0.1, 0.15) is 136 Å². The van der Waals surface area contributed by atoms with Crippen LogP contribution < -0.4 is 16.4 Å². The number of hydrogen-bond donors (Lipinski definition) is 9. The zero-order valence-electron chi connectivity index (χ0n) is 43.9. The molecule has 1 aliphatic rings. The highest BCUT2D eigenvalue weighted by Gasteiger charge is 2.50. The first kappa shape index (κ1) is 64.4. The minimum Gasteiger partial charge on any atom is -0.462 e. The third-order valence-corrected chi connectivity index (χ3v) is 16.0. The summed E-state index contributed by atoms with van der Waals surface area (Å²) in [6, 6.07) is 8.75. The first-order valence-electron chi connectivity index (χ1n) is 25.1. The Morgan fingerprint density at radius 2 is 1.45 bits per heavy atom. The molecule has 4 rings (SSSR count). The quantitative estimate of drug-likeness (QED) is 0.0209. The molecule has 0 saturated carbocycles. The van der Waals surface area contributed by atoms with Crippen molar-refractivity contribution in [3.8, 4) is 0 Å². The number of anilines is 1. The van der Waals surface area contributed by atoms with Crippen LogP contribution in [0, 0.1) is 10.8 Å². The number of ether oxygens (including phenoxy) is 2. The Balaban J connectivity index is 1.10. The first-order chi connectivity index (χ1) is 35.4. The van der Waals surface area contributed by atoms with Crippen LogP contribution >= 0.6 is 23.5 Å². The molecule has 7 unspecified atom stereocenters. The molecule has 29 heteroatoms. The van der Waals surface area contributed by atoms with E-state index in [0.717, 1.165) is 87.9 Å². The molecule has 1 aromatic carbocycles. The van der Waals surface area contributed by atoms with E-state index in [-0.39, 0.29) is 48.7 Å². The molecule has 3 aromatic rings. The van der Waals surface area contributed by atoms with Gasteiger partial charge in [-0.3, -0.25) is 37.3 Å². The molecular formula is C47H76N7O19P3. The van der Waals surface area contributed by atoms with E-state index < -0.39 is 95.6 Å². The highest BCUT2D eigenvalue weighted by atomic mass is 31.3. The third-order valence-electron chi connectivity index (χ3n) is 12.9. The number of carbonyl (C=O) groups is 4.